The number of aliphatic hydroxyl groups excluding tert-OH is 1. The molecule has 21 heavy (non-hydrogen) atoms. The lowest BCUT2D eigenvalue weighted by Gasteiger charge is -2.31. The normalized spacial score (nSPS) is 30.0. The molecule has 3 atom stereocenters. The second-order valence-electron chi connectivity index (χ2n) is 6.94. The maximum atomic E-state index is 12.4. The average Bonchev–Trinajstić information content (AvgIpc) is 2.80. The number of hydrogen-bond donors (Lipinski definition) is 2. The summed E-state index contributed by atoms with van der Waals surface area (Å²) in [6.07, 6.45) is 4.47. The number of rotatable bonds is 5. The van der Waals surface area contributed by atoms with Crippen LogP contribution in [0.25, 0.3) is 0 Å². The largest absolute Gasteiger partial charge is 0.396 e. The predicted octanol–water partition coefficient (Wildman–Crippen LogP) is 1.16. The third-order valence-corrected chi connectivity index (χ3v) is 4.64. The van der Waals surface area contributed by atoms with E-state index in [1.54, 1.807) is 4.90 Å². The van der Waals surface area contributed by atoms with Crippen molar-refractivity contribution in [3.8, 4) is 0 Å². The number of hydrogen-bond acceptors (Lipinski definition) is 3. The molecule has 1 heterocycles. The smallest absolute Gasteiger partial charge is 0.225 e. The number of amides is 2. The van der Waals surface area contributed by atoms with Crippen LogP contribution >= 0.6 is 0 Å². The number of nitrogens with one attached hydrogen (secondary N) is 1. The lowest BCUT2D eigenvalue weighted by Crippen LogP contribution is -2.46. The monoisotopic (exact) mass is 296 g/mol. The van der Waals surface area contributed by atoms with Crippen molar-refractivity contribution in [2.75, 3.05) is 19.7 Å². The van der Waals surface area contributed by atoms with E-state index in [0.717, 1.165) is 32.2 Å². The summed E-state index contributed by atoms with van der Waals surface area (Å²) in [5.41, 5.74) is 0. The number of likely N-dealkylation sites (tertiary alicyclic amines) is 1. The summed E-state index contributed by atoms with van der Waals surface area (Å²) in [5.74, 6) is 0.447. The summed E-state index contributed by atoms with van der Waals surface area (Å²) >= 11 is 0. The van der Waals surface area contributed by atoms with Crippen LogP contribution < -0.4 is 5.32 Å². The van der Waals surface area contributed by atoms with E-state index in [-0.39, 0.29) is 36.3 Å². The molecule has 0 aromatic rings. The molecule has 3 unspecified atom stereocenters. The van der Waals surface area contributed by atoms with Gasteiger partial charge in [-0.1, -0.05) is 26.7 Å². The Bertz CT molecular complexity index is 384. The zero-order valence-corrected chi connectivity index (χ0v) is 13.2. The van der Waals surface area contributed by atoms with Crippen LogP contribution in [0.3, 0.4) is 0 Å². The van der Waals surface area contributed by atoms with Gasteiger partial charge < -0.3 is 15.3 Å². The van der Waals surface area contributed by atoms with E-state index >= 15 is 0 Å². The molecule has 2 amide bonds. The SMILES string of the molecule is CC(C)CN1CC(C(=O)NC2CCCCC2CO)CC1=O. The van der Waals surface area contributed by atoms with Crippen molar-refractivity contribution in [3.63, 3.8) is 0 Å². The third-order valence-electron chi connectivity index (χ3n) is 4.64. The molecule has 0 radical (unpaired) electrons. The Morgan fingerprint density at radius 3 is 2.76 bits per heavy atom. The highest BCUT2D eigenvalue weighted by Crippen LogP contribution is 2.25. The highest BCUT2D eigenvalue weighted by Gasteiger charge is 2.36. The van der Waals surface area contributed by atoms with Gasteiger partial charge in [-0.15, -0.1) is 0 Å². The fraction of sp³-hybridized carbons (Fsp3) is 0.875. The first-order chi connectivity index (χ1) is 10.0. The van der Waals surface area contributed by atoms with Gasteiger partial charge in [0.15, 0.2) is 0 Å². The molecule has 1 aliphatic carbocycles. The average molecular weight is 296 g/mol. The summed E-state index contributed by atoms with van der Waals surface area (Å²) in [6, 6.07) is 0.0745. The Labute approximate surface area is 127 Å². The number of carbonyl (C=O) groups excluding carboxylic acids is 2. The van der Waals surface area contributed by atoms with Gasteiger partial charge in [0, 0.05) is 38.1 Å². The molecule has 0 aromatic carbocycles. The molecule has 5 heteroatoms. The van der Waals surface area contributed by atoms with E-state index in [0.29, 0.717) is 18.9 Å². The van der Waals surface area contributed by atoms with E-state index < -0.39 is 0 Å². The fourth-order valence-corrected chi connectivity index (χ4v) is 3.48. The second kappa shape index (κ2) is 7.25. The van der Waals surface area contributed by atoms with Crippen molar-refractivity contribution in [3.05, 3.63) is 0 Å². The summed E-state index contributed by atoms with van der Waals surface area (Å²) in [6.45, 7) is 5.56. The zero-order chi connectivity index (χ0) is 15.4. The van der Waals surface area contributed by atoms with Gasteiger partial charge >= 0.3 is 0 Å². The Morgan fingerprint density at radius 2 is 2.10 bits per heavy atom. The van der Waals surface area contributed by atoms with E-state index in [1.807, 2.05) is 0 Å². The van der Waals surface area contributed by atoms with E-state index in [1.165, 1.54) is 0 Å². The molecular formula is C16H28N2O3. The van der Waals surface area contributed by atoms with Crippen LogP contribution in [0, 0.1) is 17.8 Å². The van der Waals surface area contributed by atoms with Crippen molar-refractivity contribution in [2.45, 2.75) is 52.0 Å². The molecule has 2 aliphatic rings. The summed E-state index contributed by atoms with van der Waals surface area (Å²) in [7, 11) is 0. The van der Waals surface area contributed by atoms with Crippen molar-refractivity contribution in [1.29, 1.82) is 0 Å². The molecule has 1 saturated heterocycles. The van der Waals surface area contributed by atoms with E-state index in [4.69, 9.17) is 0 Å². The van der Waals surface area contributed by atoms with Gasteiger partial charge in [-0.3, -0.25) is 9.59 Å². The van der Waals surface area contributed by atoms with Crippen LogP contribution in [0.2, 0.25) is 0 Å². The Hall–Kier alpha value is -1.10. The number of carbonyl (C=O) groups is 2. The van der Waals surface area contributed by atoms with Gasteiger partial charge in [-0.05, 0) is 18.8 Å². The lowest BCUT2D eigenvalue weighted by atomic mass is 9.84. The molecular weight excluding hydrogens is 268 g/mol. The molecule has 5 nitrogen and oxygen atoms in total. The van der Waals surface area contributed by atoms with Crippen molar-refractivity contribution in [1.82, 2.24) is 10.2 Å². The number of aliphatic hydroxyl groups is 1. The first-order valence-corrected chi connectivity index (χ1v) is 8.20. The Kier molecular flexibility index (Phi) is 5.62. The van der Waals surface area contributed by atoms with Gasteiger partial charge in [-0.2, -0.15) is 0 Å². The molecule has 0 aromatic heterocycles. The minimum Gasteiger partial charge on any atom is -0.396 e. The lowest BCUT2D eigenvalue weighted by molar-refractivity contribution is -0.129. The van der Waals surface area contributed by atoms with Crippen LogP contribution in [0.4, 0.5) is 0 Å². The second-order valence-corrected chi connectivity index (χ2v) is 6.94. The van der Waals surface area contributed by atoms with Crippen LogP contribution in [-0.4, -0.2) is 47.6 Å². The summed E-state index contributed by atoms with van der Waals surface area (Å²) in [5, 5.41) is 12.5. The standard InChI is InChI=1S/C16H28N2O3/c1-11(2)8-18-9-13(7-15(18)20)16(21)17-14-6-4-3-5-12(14)10-19/h11-14,19H,3-10H2,1-2H3,(H,17,21). The molecule has 1 saturated carbocycles. The number of nitrogens with zero attached hydrogens (tertiary/aromatic N) is 1. The van der Waals surface area contributed by atoms with Crippen molar-refractivity contribution >= 4 is 11.8 Å². The fourth-order valence-electron chi connectivity index (χ4n) is 3.48. The Morgan fingerprint density at radius 1 is 1.38 bits per heavy atom. The first-order valence-electron chi connectivity index (χ1n) is 8.20. The van der Waals surface area contributed by atoms with Crippen LogP contribution in [0.15, 0.2) is 0 Å². The van der Waals surface area contributed by atoms with Gasteiger partial charge in [0.1, 0.15) is 0 Å². The summed E-state index contributed by atoms with van der Waals surface area (Å²) in [4.78, 5) is 26.1. The van der Waals surface area contributed by atoms with E-state index in [9.17, 15) is 14.7 Å². The van der Waals surface area contributed by atoms with Gasteiger partial charge in [0.2, 0.25) is 11.8 Å². The molecule has 0 spiro atoms. The maximum Gasteiger partial charge on any atom is 0.225 e. The first kappa shape index (κ1) is 16.3. The minimum atomic E-state index is -0.225. The van der Waals surface area contributed by atoms with Crippen molar-refractivity contribution < 1.29 is 14.7 Å². The van der Waals surface area contributed by atoms with E-state index in [2.05, 4.69) is 19.2 Å². The zero-order valence-electron chi connectivity index (χ0n) is 13.2. The van der Waals surface area contributed by atoms with Crippen molar-refractivity contribution in [2.24, 2.45) is 17.8 Å². The van der Waals surface area contributed by atoms with Crippen LogP contribution in [0.5, 0.6) is 0 Å². The minimum absolute atomic E-state index is 0.0139. The highest BCUT2D eigenvalue weighted by molar-refractivity contribution is 5.89. The van der Waals surface area contributed by atoms with Gasteiger partial charge in [0.25, 0.3) is 0 Å². The molecule has 2 fully saturated rings. The topological polar surface area (TPSA) is 69.6 Å². The quantitative estimate of drug-likeness (QED) is 0.800. The maximum absolute atomic E-state index is 12.4. The van der Waals surface area contributed by atoms with Gasteiger partial charge in [0.05, 0.1) is 5.92 Å². The Balaban J connectivity index is 1.87. The van der Waals surface area contributed by atoms with Crippen LogP contribution in [-0.2, 0) is 9.59 Å². The molecule has 2 N–H and O–H groups in total. The molecule has 2 rings (SSSR count). The summed E-state index contributed by atoms with van der Waals surface area (Å²) < 4.78 is 0. The van der Waals surface area contributed by atoms with Crippen LogP contribution in [0.1, 0.15) is 46.0 Å². The highest BCUT2D eigenvalue weighted by atomic mass is 16.3. The van der Waals surface area contributed by atoms with Gasteiger partial charge in [-0.25, -0.2) is 0 Å². The predicted molar refractivity (Wildman–Crippen MR) is 80.5 cm³/mol. The molecule has 0 bridgehead atoms. The molecule has 1 aliphatic heterocycles. The molecule has 120 valence electrons. The third kappa shape index (κ3) is 4.19.